The molecule has 0 unspecified atom stereocenters. The van der Waals surface area contributed by atoms with Crippen molar-refractivity contribution in [2.45, 2.75) is 52.3 Å². The predicted octanol–water partition coefficient (Wildman–Crippen LogP) is 5.02. The van der Waals surface area contributed by atoms with Crippen LogP contribution in [-0.4, -0.2) is 29.4 Å². The van der Waals surface area contributed by atoms with E-state index in [0.29, 0.717) is 24.5 Å². The molecular weight excluding hydrogens is 447 g/mol. The summed E-state index contributed by atoms with van der Waals surface area (Å²) in [5, 5.41) is 2.80. The lowest BCUT2D eigenvalue weighted by Gasteiger charge is -2.38. The molecule has 1 aliphatic rings. The van der Waals surface area contributed by atoms with Gasteiger partial charge < -0.3 is 19.4 Å². The van der Waals surface area contributed by atoms with Gasteiger partial charge in [0.1, 0.15) is 17.3 Å². The van der Waals surface area contributed by atoms with Gasteiger partial charge in [-0.05, 0) is 72.4 Å². The summed E-state index contributed by atoms with van der Waals surface area (Å²) < 4.78 is 24.9. The van der Waals surface area contributed by atoms with Crippen LogP contribution < -0.4 is 10.1 Å². The predicted molar refractivity (Wildman–Crippen MR) is 130 cm³/mol. The van der Waals surface area contributed by atoms with Crippen LogP contribution in [0.15, 0.2) is 65.3 Å². The van der Waals surface area contributed by atoms with E-state index in [-0.39, 0.29) is 36.1 Å². The summed E-state index contributed by atoms with van der Waals surface area (Å²) in [5.74, 6) is 0.909. The van der Waals surface area contributed by atoms with Crippen LogP contribution in [0.25, 0.3) is 0 Å². The molecule has 4 rings (SSSR count). The van der Waals surface area contributed by atoms with Crippen LogP contribution in [0.1, 0.15) is 55.7 Å². The molecular formula is C28H31FN2O4. The minimum absolute atomic E-state index is 0.0666. The monoisotopic (exact) mass is 478 g/mol. The van der Waals surface area contributed by atoms with Crippen LogP contribution in [-0.2, 0) is 22.6 Å². The number of halogens is 1. The lowest BCUT2D eigenvalue weighted by atomic mass is 9.87. The molecule has 0 saturated carbocycles. The quantitative estimate of drug-likeness (QED) is 0.493. The summed E-state index contributed by atoms with van der Waals surface area (Å²) in [6.07, 6.45) is 1.99. The van der Waals surface area contributed by atoms with E-state index in [9.17, 15) is 14.0 Å². The second kappa shape index (κ2) is 10.8. The van der Waals surface area contributed by atoms with E-state index in [1.807, 2.05) is 36.9 Å². The molecule has 2 amide bonds. The number of hydrogen-bond donors (Lipinski definition) is 1. The van der Waals surface area contributed by atoms with Gasteiger partial charge in [-0.15, -0.1) is 0 Å². The van der Waals surface area contributed by atoms with E-state index in [1.165, 1.54) is 12.1 Å². The standard InChI is InChI=1S/C28H31FN2O4/c1-18(2)15-26(32)31-13-12-20-8-11-23(16-25(20)27(31)21-6-9-22(29)10-7-21)35-19(3)28(33)30-17-24-5-4-14-34-24/h4-11,14,16,18-19,27H,12-13,15,17H2,1-3H3,(H,30,33)/t19-,27+/m0/s1. The fraction of sp³-hybridized carbons (Fsp3) is 0.357. The molecule has 2 heterocycles. The van der Waals surface area contributed by atoms with E-state index in [1.54, 1.807) is 37.5 Å². The molecule has 184 valence electrons. The van der Waals surface area contributed by atoms with Gasteiger partial charge in [-0.1, -0.05) is 32.0 Å². The molecule has 0 bridgehead atoms. The topological polar surface area (TPSA) is 71.8 Å². The summed E-state index contributed by atoms with van der Waals surface area (Å²) in [7, 11) is 0. The van der Waals surface area contributed by atoms with Crippen molar-refractivity contribution in [1.29, 1.82) is 0 Å². The van der Waals surface area contributed by atoms with Gasteiger partial charge in [-0.3, -0.25) is 9.59 Å². The molecule has 1 N–H and O–H groups in total. The Kier molecular flexibility index (Phi) is 7.54. The molecule has 2 aromatic carbocycles. The highest BCUT2D eigenvalue weighted by Crippen LogP contribution is 2.38. The van der Waals surface area contributed by atoms with Gasteiger partial charge in [0.15, 0.2) is 6.10 Å². The number of carbonyl (C=O) groups excluding carboxylic acids is 2. The molecule has 0 radical (unpaired) electrons. The van der Waals surface area contributed by atoms with Crippen LogP contribution in [0, 0.1) is 11.7 Å². The maximum Gasteiger partial charge on any atom is 0.261 e. The Bertz CT molecular complexity index is 1160. The second-order valence-corrected chi connectivity index (χ2v) is 9.31. The molecule has 2 atom stereocenters. The first-order valence-corrected chi connectivity index (χ1v) is 12.0. The molecule has 3 aromatic rings. The van der Waals surface area contributed by atoms with Crippen LogP contribution in [0.4, 0.5) is 4.39 Å². The molecule has 0 aliphatic carbocycles. The minimum Gasteiger partial charge on any atom is -0.481 e. The zero-order valence-electron chi connectivity index (χ0n) is 20.3. The molecule has 1 aromatic heterocycles. The zero-order chi connectivity index (χ0) is 24.9. The third-order valence-corrected chi connectivity index (χ3v) is 6.13. The number of fused-ring (bicyclic) bond motifs is 1. The zero-order valence-corrected chi connectivity index (χ0v) is 20.3. The first-order chi connectivity index (χ1) is 16.8. The Morgan fingerprint density at radius 2 is 1.91 bits per heavy atom. The Morgan fingerprint density at radius 3 is 2.60 bits per heavy atom. The lowest BCUT2D eigenvalue weighted by molar-refractivity contribution is -0.134. The molecule has 0 fully saturated rings. The molecule has 0 saturated heterocycles. The van der Waals surface area contributed by atoms with Crippen LogP contribution in [0.3, 0.4) is 0 Å². The summed E-state index contributed by atoms with van der Waals surface area (Å²) in [5.41, 5.74) is 2.88. The first-order valence-electron chi connectivity index (χ1n) is 12.0. The number of benzene rings is 2. The van der Waals surface area contributed by atoms with Crippen molar-refractivity contribution in [1.82, 2.24) is 10.2 Å². The molecule has 7 heteroatoms. The third kappa shape index (κ3) is 5.91. The van der Waals surface area contributed by atoms with Crippen molar-refractivity contribution < 1.29 is 23.1 Å². The Labute approximate surface area is 205 Å². The molecule has 35 heavy (non-hydrogen) atoms. The van der Waals surface area contributed by atoms with Crippen molar-refractivity contribution in [2.75, 3.05) is 6.54 Å². The van der Waals surface area contributed by atoms with Gasteiger partial charge in [-0.2, -0.15) is 0 Å². The average molecular weight is 479 g/mol. The van der Waals surface area contributed by atoms with Gasteiger partial charge in [0.05, 0.1) is 18.8 Å². The summed E-state index contributed by atoms with van der Waals surface area (Å²) in [6.45, 7) is 6.60. The fourth-order valence-electron chi connectivity index (χ4n) is 4.39. The maximum absolute atomic E-state index is 13.7. The van der Waals surface area contributed by atoms with Crippen LogP contribution in [0.5, 0.6) is 5.75 Å². The van der Waals surface area contributed by atoms with Crippen LogP contribution >= 0.6 is 0 Å². The highest BCUT2D eigenvalue weighted by molar-refractivity contribution is 5.80. The van der Waals surface area contributed by atoms with E-state index in [0.717, 1.165) is 23.1 Å². The number of rotatable bonds is 8. The number of hydrogen-bond acceptors (Lipinski definition) is 4. The van der Waals surface area contributed by atoms with Crippen molar-refractivity contribution in [2.24, 2.45) is 5.92 Å². The van der Waals surface area contributed by atoms with Gasteiger partial charge >= 0.3 is 0 Å². The average Bonchev–Trinajstić information content (AvgIpc) is 3.35. The van der Waals surface area contributed by atoms with E-state index in [4.69, 9.17) is 9.15 Å². The summed E-state index contributed by atoms with van der Waals surface area (Å²) in [6, 6.07) is 15.2. The van der Waals surface area contributed by atoms with E-state index < -0.39 is 6.10 Å². The number of nitrogens with zero attached hydrogens (tertiary/aromatic N) is 1. The number of nitrogens with one attached hydrogen (secondary N) is 1. The fourth-order valence-corrected chi connectivity index (χ4v) is 4.39. The number of carbonyl (C=O) groups is 2. The van der Waals surface area contributed by atoms with Crippen molar-refractivity contribution >= 4 is 11.8 Å². The smallest absolute Gasteiger partial charge is 0.261 e. The lowest BCUT2D eigenvalue weighted by Crippen LogP contribution is -2.41. The Hall–Kier alpha value is -3.61. The molecule has 0 spiro atoms. The van der Waals surface area contributed by atoms with Gasteiger partial charge in [0.25, 0.3) is 5.91 Å². The maximum atomic E-state index is 13.7. The highest BCUT2D eigenvalue weighted by atomic mass is 19.1. The Balaban J connectivity index is 1.57. The Morgan fingerprint density at radius 1 is 1.14 bits per heavy atom. The number of ether oxygens (including phenoxy) is 1. The van der Waals surface area contributed by atoms with Gasteiger partial charge in [-0.25, -0.2) is 4.39 Å². The van der Waals surface area contributed by atoms with Crippen molar-refractivity contribution in [3.05, 3.63) is 89.1 Å². The normalized spacial score (nSPS) is 16.0. The number of amides is 2. The minimum atomic E-state index is -0.727. The summed E-state index contributed by atoms with van der Waals surface area (Å²) >= 11 is 0. The van der Waals surface area contributed by atoms with Gasteiger partial charge in [0, 0.05) is 13.0 Å². The van der Waals surface area contributed by atoms with Crippen molar-refractivity contribution in [3.8, 4) is 5.75 Å². The van der Waals surface area contributed by atoms with Gasteiger partial charge in [0.2, 0.25) is 5.91 Å². The van der Waals surface area contributed by atoms with E-state index >= 15 is 0 Å². The molecule has 1 aliphatic heterocycles. The highest BCUT2D eigenvalue weighted by Gasteiger charge is 2.32. The van der Waals surface area contributed by atoms with E-state index in [2.05, 4.69) is 5.32 Å². The molecule has 6 nitrogen and oxygen atoms in total. The third-order valence-electron chi connectivity index (χ3n) is 6.13. The summed E-state index contributed by atoms with van der Waals surface area (Å²) in [4.78, 5) is 27.6. The number of furan rings is 1. The second-order valence-electron chi connectivity index (χ2n) is 9.31. The first kappa shape index (κ1) is 24.5. The van der Waals surface area contributed by atoms with Crippen LogP contribution in [0.2, 0.25) is 0 Å². The largest absolute Gasteiger partial charge is 0.481 e. The SMILES string of the molecule is CC(C)CC(=O)N1CCc2ccc(O[C@@H](C)C(=O)NCc3ccco3)cc2[C@H]1c1ccc(F)cc1. The van der Waals surface area contributed by atoms with Crippen molar-refractivity contribution in [3.63, 3.8) is 0 Å².